The van der Waals surface area contributed by atoms with E-state index in [2.05, 4.69) is 30.7 Å². The molecule has 2 unspecified atom stereocenters. The van der Waals surface area contributed by atoms with Crippen LogP contribution < -0.4 is 0 Å². The van der Waals surface area contributed by atoms with E-state index in [-0.39, 0.29) is 0 Å². The van der Waals surface area contributed by atoms with E-state index in [1.807, 2.05) is 12.4 Å². The molecule has 0 saturated carbocycles. The van der Waals surface area contributed by atoms with Gasteiger partial charge in [0.25, 0.3) is 0 Å². The fourth-order valence-electron chi connectivity index (χ4n) is 1.97. The zero-order chi connectivity index (χ0) is 11.1. The molecule has 0 radical (unpaired) electrons. The molecule has 0 aliphatic carbocycles. The lowest BCUT2D eigenvalue weighted by molar-refractivity contribution is 0.419. The summed E-state index contributed by atoms with van der Waals surface area (Å²) in [5.74, 6) is 2.62. The number of hydrogen-bond donors (Lipinski definition) is 1. The monoisotopic (exact) mass is 208 g/mol. The standard InChI is InChI=1S/C13H24N2/c1-4-6-7-12(10-11(3)5-2)13-14-8-9-15-13/h8-9,11-12H,4-7,10H2,1-3H3,(H,14,15). The van der Waals surface area contributed by atoms with Crippen molar-refractivity contribution in [2.24, 2.45) is 5.92 Å². The minimum atomic E-state index is 0.634. The van der Waals surface area contributed by atoms with Crippen molar-refractivity contribution in [3.05, 3.63) is 18.2 Å². The smallest absolute Gasteiger partial charge is 0.109 e. The van der Waals surface area contributed by atoms with Gasteiger partial charge in [-0.3, -0.25) is 0 Å². The number of aromatic amines is 1. The Labute approximate surface area is 93.5 Å². The molecule has 2 heteroatoms. The summed E-state index contributed by atoms with van der Waals surface area (Å²) >= 11 is 0. The Balaban J connectivity index is 2.53. The van der Waals surface area contributed by atoms with Crippen molar-refractivity contribution in [3.63, 3.8) is 0 Å². The van der Waals surface area contributed by atoms with Crippen molar-refractivity contribution in [1.29, 1.82) is 0 Å². The van der Waals surface area contributed by atoms with Gasteiger partial charge in [-0.2, -0.15) is 0 Å². The number of nitrogens with zero attached hydrogens (tertiary/aromatic N) is 1. The van der Waals surface area contributed by atoms with E-state index in [1.54, 1.807) is 0 Å². The fraction of sp³-hybridized carbons (Fsp3) is 0.769. The van der Waals surface area contributed by atoms with E-state index in [1.165, 1.54) is 37.9 Å². The highest BCUT2D eigenvalue weighted by atomic mass is 14.9. The third kappa shape index (κ3) is 4.06. The second-order valence-electron chi connectivity index (χ2n) is 4.56. The predicted octanol–water partition coefficient (Wildman–Crippen LogP) is 4.12. The molecule has 15 heavy (non-hydrogen) atoms. The summed E-state index contributed by atoms with van der Waals surface area (Å²) in [4.78, 5) is 7.67. The highest BCUT2D eigenvalue weighted by Gasteiger charge is 2.15. The quantitative estimate of drug-likeness (QED) is 0.717. The number of aromatic nitrogens is 2. The molecule has 86 valence electrons. The van der Waals surface area contributed by atoms with Crippen LogP contribution in [-0.4, -0.2) is 9.97 Å². The molecule has 1 N–H and O–H groups in total. The average molecular weight is 208 g/mol. The first kappa shape index (κ1) is 12.3. The number of rotatable bonds is 7. The molecule has 1 aromatic rings. The topological polar surface area (TPSA) is 28.7 Å². The largest absolute Gasteiger partial charge is 0.348 e. The summed E-state index contributed by atoms with van der Waals surface area (Å²) in [5.41, 5.74) is 0. The molecule has 0 amide bonds. The molecule has 0 fully saturated rings. The number of imidazole rings is 1. The lowest BCUT2D eigenvalue weighted by Crippen LogP contribution is -2.06. The molecule has 0 bridgehead atoms. The molecule has 2 atom stereocenters. The van der Waals surface area contributed by atoms with Gasteiger partial charge in [0.15, 0.2) is 0 Å². The Morgan fingerprint density at radius 1 is 1.40 bits per heavy atom. The summed E-state index contributed by atoms with van der Waals surface area (Å²) in [6.45, 7) is 6.86. The van der Waals surface area contributed by atoms with Gasteiger partial charge in [0.2, 0.25) is 0 Å². The van der Waals surface area contributed by atoms with Gasteiger partial charge in [-0.25, -0.2) is 4.98 Å². The maximum absolute atomic E-state index is 4.40. The molecular formula is C13H24N2. The van der Waals surface area contributed by atoms with E-state index in [4.69, 9.17) is 0 Å². The predicted molar refractivity (Wildman–Crippen MR) is 64.9 cm³/mol. The van der Waals surface area contributed by atoms with Crippen LogP contribution in [0, 0.1) is 5.92 Å². The minimum Gasteiger partial charge on any atom is -0.348 e. The first-order valence-electron chi connectivity index (χ1n) is 6.27. The highest BCUT2D eigenvalue weighted by Crippen LogP contribution is 2.27. The van der Waals surface area contributed by atoms with Crippen LogP contribution in [0.2, 0.25) is 0 Å². The van der Waals surface area contributed by atoms with Crippen molar-refractivity contribution in [3.8, 4) is 0 Å². The molecule has 1 aromatic heterocycles. The summed E-state index contributed by atoms with van der Waals surface area (Å²) < 4.78 is 0. The van der Waals surface area contributed by atoms with E-state index in [9.17, 15) is 0 Å². The Bertz CT molecular complexity index is 241. The Hall–Kier alpha value is -0.790. The third-order valence-electron chi connectivity index (χ3n) is 3.20. The highest BCUT2D eigenvalue weighted by molar-refractivity contribution is 4.97. The Kier molecular flexibility index (Phi) is 5.44. The number of H-pyrrole nitrogens is 1. The molecule has 1 heterocycles. The van der Waals surface area contributed by atoms with Gasteiger partial charge in [0.1, 0.15) is 5.82 Å². The van der Waals surface area contributed by atoms with Crippen LogP contribution >= 0.6 is 0 Å². The number of unbranched alkanes of at least 4 members (excludes halogenated alkanes) is 1. The first-order valence-corrected chi connectivity index (χ1v) is 6.27. The van der Waals surface area contributed by atoms with Crippen molar-refractivity contribution < 1.29 is 0 Å². The van der Waals surface area contributed by atoms with E-state index in [0.29, 0.717) is 5.92 Å². The van der Waals surface area contributed by atoms with Crippen LogP contribution in [0.4, 0.5) is 0 Å². The fourth-order valence-corrected chi connectivity index (χ4v) is 1.97. The van der Waals surface area contributed by atoms with Crippen LogP contribution in [0.25, 0.3) is 0 Å². The van der Waals surface area contributed by atoms with Crippen LogP contribution in [0.5, 0.6) is 0 Å². The Morgan fingerprint density at radius 2 is 2.20 bits per heavy atom. The van der Waals surface area contributed by atoms with Crippen LogP contribution in [-0.2, 0) is 0 Å². The SMILES string of the molecule is CCCCC(CC(C)CC)c1ncc[nH]1. The third-order valence-corrected chi connectivity index (χ3v) is 3.20. The van der Waals surface area contributed by atoms with E-state index < -0.39 is 0 Å². The maximum atomic E-state index is 4.40. The molecule has 2 nitrogen and oxygen atoms in total. The number of hydrogen-bond acceptors (Lipinski definition) is 1. The average Bonchev–Trinajstić information content (AvgIpc) is 2.77. The molecule has 0 aliphatic rings. The van der Waals surface area contributed by atoms with Crippen molar-refractivity contribution in [1.82, 2.24) is 9.97 Å². The first-order chi connectivity index (χ1) is 7.27. The zero-order valence-electron chi connectivity index (χ0n) is 10.3. The van der Waals surface area contributed by atoms with E-state index in [0.717, 1.165) is 5.92 Å². The lowest BCUT2D eigenvalue weighted by atomic mass is 9.89. The summed E-state index contributed by atoms with van der Waals surface area (Å²) in [7, 11) is 0. The van der Waals surface area contributed by atoms with Crippen LogP contribution in [0.3, 0.4) is 0 Å². The Morgan fingerprint density at radius 3 is 2.73 bits per heavy atom. The molecular weight excluding hydrogens is 184 g/mol. The van der Waals surface area contributed by atoms with Gasteiger partial charge in [0, 0.05) is 18.3 Å². The van der Waals surface area contributed by atoms with Crippen molar-refractivity contribution in [2.75, 3.05) is 0 Å². The summed E-state index contributed by atoms with van der Waals surface area (Å²) in [6.07, 6.45) is 10.2. The van der Waals surface area contributed by atoms with Gasteiger partial charge >= 0.3 is 0 Å². The second-order valence-corrected chi connectivity index (χ2v) is 4.56. The molecule has 0 spiro atoms. The van der Waals surface area contributed by atoms with E-state index >= 15 is 0 Å². The second kappa shape index (κ2) is 6.65. The minimum absolute atomic E-state index is 0.634. The van der Waals surface area contributed by atoms with Crippen molar-refractivity contribution >= 4 is 0 Å². The summed E-state index contributed by atoms with van der Waals surface area (Å²) in [6, 6.07) is 0. The zero-order valence-corrected chi connectivity index (χ0v) is 10.3. The van der Waals surface area contributed by atoms with Gasteiger partial charge in [-0.1, -0.05) is 40.0 Å². The van der Waals surface area contributed by atoms with Gasteiger partial charge in [-0.05, 0) is 18.8 Å². The molecule has 0 aromatic carbocycles. The molecule has 0 aliphatic heterocycles. The molecule has 1 rings (SSSR count). The van der Waals surface area contributed by atoms with Gasteiger partial charge < -0.3 is 4.98 Å². The van der Waals surface area contributed by atoms with Crippen LogP contribution in [0.15, 0.2) is 12.4 Å². The van der Waals surface area contributed by atoms with Gasteiger partial charge in [-0.15, -0.1) is 0 Å². The molecule has 0 saturated heterocycles. The lowest BCUT2D eigenvalue weighted by Gasteiger charge is -2.18. The maximum Gasteiger partial charge on any atom is 0.109 e. The summed E-state index contributed by atoms with van der Waals surface area (Å²) in [5, 5.41) is 0. The normalized spacial score (nSPS) is 15.1. The number of nitrogens with one attached hydrogen (secondary N) is 1. The van der Waals surface area contributed by atoms with Crippen LogP contribution in [0.1, 0.15) is 64.6 Å². The van der Waals surface area contributed by atoms with Crippen molar-refractivity contribution in [2.45, 2.75) is 58.8 Å². The van der Waals surface area contributed by atoms with Gasteiger partial charge in [0.05, 0.1) is 0 Å².